The molecule has 3 heteroatoms. The van der Waals surface area contributed by atoms with E-state index in [0.29, 0.717) is 11.7 Å². The van der Waals surface area contributed by atoms with Gasteiger partial charge >= 0.3 is 0 Å². The molecule has 11 heavy (non-hydrogen) atoms. The lowest BCUT2D eigenvalue weighted by Crippen LogP contribution is -2.18. The van der Waals surface area contributed by atoms with Crippen LogP contribution in [0.2, 0.25) is 0 Å². The van der Waals surface area contributed by atoms with E-state index >= 15 is 0 Å². The normalized spacial score (nSPS) is 25.4. The standard InChI is InChI=1S/C8H14O3/c1-3-6(2)8-10-5-7(4-9)11-8/h5-6,8-9H,3-4H2,1-2H3. The molecule has 0 aliphatic carbocycles. The Morgan fingerprint density at radius 2 is 2.45 bits per heavy atom. The molecule has 64 valence electrons. The molecule has 1 heterocycles. The zero-order valence-corrected chi connectivity index (χ0v) is 6.91. The minimum atomic E-state index is -0.192. The lowest BCUT2D eigenvalue weighted by molar-refractivity contribution is -0.0740. The SMILES string of the molecule is CCC(C)C1OC=C(CO)O1. The van der Waals surface area contributed by atoms with Gasteiger partial charge in [0.25, 0.3) is 0 Å². The Bertz CT molecular complexity index is 153. The van der Waals surface area contributed by atoms with Crippen molar-refractivity contribution in [3.63, 3.8) is 0 Å². The summed E-state index contributed by atoms with van der Waals surface area (Å²) in [5.41, 5.74) is 0. The van der Waals surface area contributed by atoms with E-state index in [1.54, 1.807) is 0 Å². The maximum atomic E-state index is 8.66. The number of hydrogen-bond donors (Lipinski definition) is 1. The van der Waals surface area contributed by atoms with Gasteiger partial charge in [-0.25, -0.2) is 0 Å². The fourth-order valence-electron chi connectivity index (χ4n) is 0.865. The largest absolute Gasteiger partial charge is 0.459 e. The second-order valence-corrected chi connectivity index (χ2v) is 2.75. The average molecular weight is 158 g/mol. The third kappa shape index (κ3) is 1.87. The average Bonchev–Trinajstić information content (AvgIpc) is 2.50. The molecule has 0 aromatic rings. The van der Waals surface area contributed by atoms with E-state index in [9.17, 15) is 0 Å². The van der Waals surface area contributed by atoms with Gasteiger partial charge in [0.15, 0.2) is 5.76 Å². The highest BCUT2D eigenvalue weighted by atomic mass is 16.7. The van der Waals surface area contributed by atoms with Crippen LogP contribution in [-0.2, 0) is 9.47 Å². The molecule has 1 aliphatic heterocycles. The summed E-state index contributed by atoms with van der Waals surface area (Å²) in [5, 5.41) is 8.66. The molecular weight excluding hydrogens is 144 g/mol. The lowest BCUT2D eigenvalue weighted by Gasteiger charge is -2.16. The maximum absolute atomic E-state index is 8.66. The molecule has 0 amide bonds. The van der Waals surface area contributed by atoms with E-state index < -0.39 is 0 Å². The van der Waals surface area contributed by atoms with Crippen molar-refractivity contribution < 1.29 is 14.6 Å². The first-order valence-corrected chi connectivity index (χ1v) is 3.90. The van der Waals surface area contributed by atoms with Crippen LogP contribution in [0.3, 0.4) is 0 Å². The molecule has 0 aromatic carbocycles. The van der Waals surface area contributed by atoms with E-state index in [2.05, 4.69) is 13.8 Å². The number of rotatable bonds is 3. The Morgan fingerprint density at radius 3 is 2.91 bits per heavy atom. The minimum absolute atomic E-state index is 0.0765. The number of aliphatic hydroxyl groups excluding tert-OH is 1. The van der Waals surface area contributed by atoms with Crippen molar-refractivity contribution in [1.82, 2.24) is 0 Å². The topological polar surface area (TPSA) is 38.7 Å². The maximum Gasteiger partial charge on any atom is 0.242 e. The molecule has 1 rings (SSSR count). The molecule has 0 saturated heterocycles. The van der Waals surface area contributed by atoms with Gasteiger partial charge in [0.1, 0.15) is 12.9 Å². The monoisotopic (exact) mass is 158 g/mol. The van der Waals surface area contributed by atoms with Gasteiger partial charge in [-0.05, 0) is 6.42 Å². The van der Waals surface area contributed by atoms with Crippen molar-refractivity contribution in [3.8, 4) is 0 Å². The summed E-state index contributed by atoms with van der Waals surface area (Å²) in [6.45, 7) is 4.06. The predicted molar refractivity (Wildman–Crippen MR) is 40.6 cm³/mol. The first-order valence-electron chi connectivity index (χ1n) is 3.90. The summed E-state index contributed by atoms with van der Waals surface area (Å²) in [7, 11) is 0. The van der Waals surface area contributed by atoms with Gasteiger partial charge in [-0.15, -0.1) is 0 Å². The molecule has 1 N–H and O–H groups in total. The quantitative estimate of drug-likeness (QED) is 0.671. The van der Waals surface area contributed by atoms with Crippen molar-refractivity contribution >= 4 is 0 Å². The third-order valence-corrected chi connectivity index (χ3v) is 1.87. The van der Waals surface area contributed by atoms with E-state index in [1.165, 1.54) is 6.26 Å². The summed E-state index contributed by atoms with van der Waals surface area (Å²) >= 11 is 0. The first kappa shape index (κ1) is 8.40. The molecule has 2 atom stereocenters. The van der Waals surface area contributed by atoms with E-state index in [0.717, 1.165) is 6.42 Å². The van der Waals surface area contributed by atoms with Crippen LogP contribution >= 0.6 is 0 Å². The number of aliphatic hydroxyl groups is 1. The summed E-state index contributed by atoms with van der Waals surface area (Å²) in [5.74, 6) is 0.894. The Morgan fingerprint density at radius 1 is 1.73 bits per heavy atom. The molecular formula is C8H14O3. The molecule has 1 aliphatic rings. The zero-order chi connectivity index (χ0) is 8.27. The fraction of sp³-hybridized carbons (Fsp3) is 0.750. The molecule has 0 saturated carbocycles. The summed E-state index contributed by atoms with van der Waals surface area (Å²) in [4.78, 5) is 0. The molecule has 3 nitrogen and oxygen atoms in total. The highest BCUT2D eigenvalue weighted by molar-refractivity contribution is 4.92. The molecule has 0 fully saturated rings. The van der Waals surface area contributed by atoms with Crippen molar-refractivity contribution in [2.24, 2.45) is 5.92 Å². The van der Waals surface area contributed by atoms with Crippen LogP contribution in [0.5, 0.6) is 0 Å². The summed E-state index contributed by atoms with van der Waals surface area (Å²) in [6, 6.07) is 0. The summed E-state index contributed by atoms with van der Waals surface area (Å²) in [6.07, 6.45) is 2.30. The van der Waals surface area contributed by atoms with E-state index in [1.807, 2.05) is 0 Å². The van der Waals surface area contributed by atoms with Crippen LogP contribution in [0.15, 0.2) is 12.0 Å². The smallest absolute Gasteiger partial charge is 0.242 e. The molecule has 2 unspecified atom stereocenters. The minimum Gasteiger partial charge on any atom is -0.459 e. The van der Waals surface area contributed by atoms with Crippen LogP contribution < -0.4 is 0 Å². The molecule has 0 spiro atoms. The fourth-order valence-corrected chi connectivity index (χ4v) is 0.865. The predicted octanol–water partition coefficient (Wildman–Crippen LogP) is 1.24. The number of hydrogen-bond acceptors (Lipinski definition) is 3. The van der Waals surface area contributed by atoms with Crippen LogP contribution in [-0.4, -0.2) is 18.0 Å². The van der Waals surface area contributed by atoms with Crippen LogP contribution in [0.1, 0.15) is 20.3 Å². The van der Waals surface area contributed by atoms with Gasteiger partial charge < -0.3 is 14.6 Å². The Kier molecular flexibility index (Phi) is 2.76. The van der Waals surface area contributed by atoms with Crippen molar-refractivity contribution in [2.75, 3.05) is 6.61 Å². The summed E-state index contributed by atoms with van der Waals surface area (Å²) < 4.78 is 10.4. The lowest BCUT2D eigenvalue weighted by atomic mass is 10.1. The van der Waals surface area contributed by atoms with Gasteiger partial charge in [-0.3, -0.25) is 0 Å². The highest BCUT2D eigenvalue weighted by Crippen LogP contribution is 2.21. The molecule has 0 bridgehead atoms. The highest BCUT2D eigenvalue weighted by Gasteiger charge is 2.23. The van der Waals surface area contributed by atoms with Crippen LogP contribution in [0.4, 0.5) is 0 Å². The van der Waals surface area contributed by atoms with Gasteiger partial charge in [0.2, 0.25) is 6.29 Å². The second-order valence-electron chi connectivity index (χ2n) is 2.75. The molecule has 0 aromatic heterocycles. The number of ether oxygens (including phenoxy) is 2. The Balaban J connectivity index is 2.34. The van der Waals surface area contributed by atoms with Crippen LogP contribution in [0.25, 0.3) is 0 Å². The third-order valence-electron chi connectivity index (χ3n) is 1.87. The van der Waals surface area contributed by atoms with Gasteiger partial charge in [0.05, 0.1) is 0 Å². The van der Waals surface area contributed by atoms with Gasteiger partial charge in [0, 0.05) is 5.92 Å². The van der Waals surface area contributed by atoms with Crippen molar-refractivity contribution in [3.05, 3.63) is 12.0 Å². The van der Waals surface area contributed by atoms with Crippen LogP contribution in [0, 0.1) is 5.92 Å². The second kappa shape index (κ2) is 3.62. The van der Waals surface area contributed by atoms with Crippen molar-refractivity contribution in [1.29, 1.82) is 0 Å². The van der Waals surface area contributed by atoms with Gasteiger partial charge in [-0.2, -0.15) is 0 Å². The van der Waals surface area contributed by atoms with Crippen molar-refractivity contribution in [2.45, 2.75) is 26.6 Å². The molecule has 0 radical (unpaired) electrons. The first-order chi connectivity index (χ1) is 5.27. The Hall–Kier alpha value is -0.700. The van der Waals surface area contributed by atoms with E-state index in [-0.39, 0.29) is 12.9 Å². The Labute approximate surface area is 66.6 Å². The van der Waals surface area contributed by atoms with Gasteiger partial charge in [-0.1, -0.05) is 13.8 Å². The van der Waals surface area contributed by atoms with E-state index in [4.69, 9.17) is 14.6 Å². The zero-order valence-electron chi connectivity index (χ0n) is 6.91.